The SMILES string of the molecule is CCNC(=NCc1ccc(OC2CCCCC2)nc1)NC1CCN(C(=O)C(C)C)C1.I. The van der Waals surface area contributed by atoms with Gasteiger partial charge in [0, 0.05) is 43.9 Å². The monoisotopic (exact) mass is 543 g/mol. The van der Waals surface area contributed by atoms with Crippen LogP contribution in [0.4, 0.5) is 0 Å². The molecule has 2 N–H and O–H groups in total. The summed E-state index contributed by atoms with van der Waals surface area (Å²) >= 11 is 0. The van der Waals surface area contributed by atoms with Crippen molar-refractivity contribution in [1.29, 1.82) is 0 Å². The van der Waals surface area contributed by atoms with E-state index in [1.807, 2.05) is 37.1 Å². The van der Waals surface area contributed by atoms with E-state index in [4.69, 9.17) is 9.73 Å². The molecule has 2 heterocycles. The van der Waals surface area contributed by atoms with Gasteiger partial charge in [-0.25, -0.2) is 9.98 Å². The van der Waals surface area contributed by atoms with E-state index in [0.717, 1.165) is 50.4 Å². The second kappa shape index (κ2) is 13.1. The first-order chi connectivity index (χ1) is 14.5. The summed E-state index contributed by atoms with van der Waals surface area (Å²) in [6, 6.07) is 4.22. The van der Waals surface area contributed by atoms with Crippen molar-refractivity contribution in [3.8, 4) is 5.88 Å². The molecule has 1 atom stereocenters. The van der Waals surface area contributed by atoms with Crippen LogP contribution in [0.25, 0.3) is 0 Å². The van der Waals surface area contributed by atoms with E-state index in [1.54, 1.807) is 0 Å². The highest BCUT2D eigenvalue weighted by Gasteiger charge is 2.27. The van der Waals surface area contributed by atoms with Crippen LogP contribution in [-0.4, -0.2) is 53.5 Å². The molecule has 1 aliphatic carbocycles. The Balaban J connectivity index is 0.00000341. The topological polar surface area (TPSA) is 78.9 Å². The van der Waals surface area contributed by atoms with Gasteiger partial charge in [0.15, 0.2) is 5.96 Å². The number of carbonyl (C=O) groups excluding carboxylic acids is 1. The molecule has 1 saturated carbocycles. The van der Waals surface area contributed by atoms with Crippen molar-refractivity contribution in [2.24, 2.45) is 10.9 Å². The van der Waals surface area contributed by atoms with Crippen LogP contribution < -0.4 is 15.4 Å². The van der Waals surface area contributed by atoms with Gasteiger partial charge in [-0.2, -0.15) is 0 Å². The molecule has 2 aliphatic rings. The highest BCUT2D eigenvalue weighted by atomic mass is 127. The number of rotatable bonds is 7. The molecule has 2 fully saturated rings. The zero-order valence-corrected chi connectivity index (χ0v) is 21.4. The van der Waals surface area contributed by atoms with Gasteiger partial charge in [-0.15, -0.1) is 24.0 Å². The minimum atomic E-state index is 0. The van der Waals surface area contributed by atoms with Crippen molar-refractivity contribution >= 4 is 35.8 Å². The fraction of sp³-hybridized carbons (Fsp3) is 0.696. The van der Waals surface area contributed by atoms with E-state index in [0.29, 0.717) is 18.5 Å². The predicted octanol–water partition coefficient (Wildman–Crippen LogP) is 3.72. The largest absolute Gasteiger partial charge is 0.474 e. The zero-order chi connectivity index (χ0) is 21.3. The quantitative estimate of drug-likeness (QED) is 0.312. The van der Waals surface area contributed by atoms with Crippen LogP contribution in [0.3, 0.4) is 0 Å². The number of halogens is 1. The van der Waals surface area contributed by atoms with Gasteiger partial charge in [0.1, 0.15) is 6.10 Å². The van der Waals surface area contributed by atoms with Gasteiger partial charge in [-0.3, -0.25) is 4.79 Å². The standard InChI is InChI=1S/C23H37N5O2.HI/c1-4-24-23(27-19-12-13-28(16-19)22(29)17(2)3)26-15-18-10-11-21(25-14-18)30-20-8-6-5-7-9-20;/h10-11,14,17,19-20H,4-9,12-13,15-16H2,1-3H3,(H2,24,26,27);1H. The third kappa shape index (κ3) is 8.12. The Morgan fingerprint density at radius 1 is 1.26 bits per heavy atom. The fourth-order valence-corrected chi connectivity index (χ4v) is 4.06. The number of ether oxygens (including phenoxy) is 1. The Morgan fingerprint density at radius 3 is 2.68 bits per heavy atom. The third-order valence-corrected chi connectivity index (χ3v) is 5.74. The van der Waals surface area contributed by atoms with Crippen LogP contribution in [0, 0.1) is 5.92 Å². The lowest BCUT2D eigenvalue weighted by atomic mass is 9.98. The van der Waals surface area contributed by atoms with Crippen LogP contribution in [0.2, 0.25) is 0 Å². The minimum Gasteiger partial charge on any atom is -0.474 e. The molecular formula is C23H38IN5O2. The first-order valence-corrected chi connectivity index (χ1v) is 11.5. The lowest BCUT2D eigenvalue weighted by molar-refractivity contribution is -0.133. The summed E-state index contributed by atoms with van der Waals surface area (Å²) in [7, 11) is 0. The molecule has 1 amide bonds. The van der Waals surface area contributed by atoms with Crippen molar-refractivity contribution in [1.82, 2.24) is 20.5 Å². The molecule has 174 valence electrons. The number of aromatic nitrogens is 1. The summed E-state index contributed by atoms with van der Waals surface area (Å²) in [5, 5.41) is 6.78. The number of aliphatic imine (C=N–C) groups is 1. The number of guanidine groups is 1. The summed E-state index contributed by atoms with van der Waals surface area (Å²) in [5.74, 6) is 1.76. The smallest absolute Gasteiger partial charge is 0.225 e. The van der Waals surface area contributed by atoms with Crippen LogP contribution in [-0.2, 0) is 11.3 Å². The number of hydrogen-bond donors (Lipinski definition) is 2. The second-order valence-corrected chi connectivity index (χ2v) is 8.65. The summed E-state index contributed by atoms with van der Waals surface area (Å²) < 4.78 is 6.01. The fourth-order valence-electron chi connectivity index (χ4n) is 4.06. The number of pyridine rings is 1. The van der Waals surface area contributed by atoms with Crippen molar-refractivity contribution in [2.75, 3.05) is 19.6 Å². The Bertz CT molecular complexity index is 704. The number of likely N-dealkylation sites (tertiary alicyclic amines) is 1. The average molecular weight is 543 g/mol. The molecule has 1 aliphatic heterocycles. The Morgan fingerprint density at radius 2 is 2.03 bits per heavy atom. The molecule has 0 spiro atoms. The molecule has 0 radical (unpaired) electrons. The lowest BCUT2D eigenvalue weighted by Gasteiger charge is -2.22. The average Bonchev–Trinajstić information content (AvgIpc) is 3.22. The van der Waals surface area contributed by atoms with Crippen LogP contribution in [0.5, 0.6) is 5.88 Å². The van der Waals surface area contributed by atoms with E-state index < -0.39 is 0 Å². The van der Waals surface area contributed by atoms with Gasteiger partial charge in [-0.05, 0) is 44.6 Å². The number of nitrogens with one attached hydrogen (secondary N) is 2. The first-order valence-electron chi connectivity index (χ1n) is 11.5. The van der Waals surface area contributed by atoms with Crippen molar-refractivity contribution in [2.45, 2.75) is 78.0 Å². The van der Waals surface area contributed by atoms with Crippen LogP contribution in [0.15, 0.2) is 23.3 Å². The molecule has 0 aromatic carbocycles. The van der Waals surface area contributed by atoms with E-state index in [-0.39, 0.29) is 41.8 Å². The molecular weight excluding hydrogens is 505 g/mol. The molecule has 1 aromatic rings. The predicted molar refractivity (Wildman–Crippen MR) is 135 cm³/mol. The molecule has 1 aromatic heterocycles. The maximum absolute atomic E-state index is 12.2. The minimum absolute atomic E-state index is 0. The first kappa shape index (κ1) is 25.7. The van der Waals surface area contributed by atoms with Gasteiger partial charge >= 0.3 is 0 Å². The van der Waals surface area contributed by atoms with Crippen LogP contribution in [0.1, 0.15) is 64.9 Å². The molecule has 1 saturated heterocycles. The highest BCUT2D eigenvalue weighted by Crippen LogP contribution is 2.22. The Hall–Kier alpha value is -1.58. The highest BCUT2D eigenvalue weighted by molar-refractivity contribution is 14.0. The number of hydrogen-bond acceptors (Lipinski definition) is 4. The molecule has 0 bridgehead atoms. The zero-order valence-electron chi connectivity index (χ0n) is 19.1. The second-order valence-electron chi connectivity index (χ2n) is 8.65. The summed E-state index contributed by atoms with van der Waals surface area (Å²) in [6.45, 7) is 8.84. The van der Waals surface area contributed by atoms with Crippen molar-refractivity contribution in [3.63, 3.8) is 0 Å². The van der Waals surface area contributed by atoms with E-state index in [9.17, 15) is 4.79 Å². The Labute approximate surface area is 203 Å². The molecule has 8 heteroatoms. The number of amides is 1. The lowest BCUT2D eigenvalue weighted by Crippen LogP contribution is -2.45. The third-order valence-electron chi connectivity index (χ3n) is 5.74. The van der Waals surface area contributed by atoms with Gasteiger partial charge in [0.2, 0.25) is 11.8 Å². The van der Waals surface area contributed by atoms with Gasteiger partial charge < -0.3 is 20.3 Å². The Kier molecular flexibility index (Phi) is 10.8. The van der Waals surface area contributed by atoms with Crippen molar-refractivity contribution < 1.29 is 9.53 Å². The summed E-state index contributed by atoms with van der Waals surface area (Å²) in [4.78, 5) is 23.3. The van der Waals surface area contributed by atoms with Gasteiger partial charge in [-0.1, -0.05) is 26.3 Å². The number of nitrogens with zero attached hydrogens (tertiary/aromatic N) is 3. The van der Waals surface area contributed by atoms with E-state index in [1.165, 1.54) is 19.3 Å². The molecule has 7 nitrogen and oxygen atoms in total. The van der Waals surface area contributed by atoms with Gasteiger partial charge in [0.05, 0.1) is 6.54 Å². The van der Waals surface area contributed by atoms with E-state index in [2.05, 4.69) is 22.5 Å². The summed E-state index contributed by atoms with van der Waals surface area (Å²) in [5.41, 5.74) is 1.05. The molecule has 1 unspecified atom stereocenters. The van der Waals surface area contributed by atoms with E-state index >= 15 is 0 Å². The normalized spacial score (nSPS) is 19.8. The van der Waals surface area contributed by atoms with Crippen LogP contribution >= 0.6 is 24.0 Å². The maximum Gasteiger partial charge on any atom is 0.225 e. The van der Waals surface area contributed by atoms with Gasteiger partial charge in [0.25, 0.3) is 0 Å². The molecule has 3 rings (SSSR count). The molecule has 31 heavy (non-hydrogen) atoms. The summed E-state index contributed by atoms with van der Waals surface area (Å²) in [6.07, 6.45) is 9.19. The number of carbonyl (C=O) groups is 1. The maximum atomic E-state index is 12.2. The van der Waals surface area contributed by atoms with Crippen molar-refractivity contribution in [3.05, 3.63) is 23.9 Å².